The summed E-state index contributed by atoms with van der Waals surface area (Å²) in [5.74, 6) is -0.585. The number of nitrogens with zero attached hydrogens (tertiary/aromatic N) is 1. The molecule has 1 aliphatic heterocycles. The molecule has 0 atom stereocenters. The molecule has 6 nitrogen and oxygen atoms in total. The third-order valence-electron chi connectivity index (χ3n) is 4.66. The molecule has 0 spiro atoms. The van der Waals surface area contributed by atoms with E-state index in [1.54, 1.807) is 0 Å². The molecule has 0 saturated carbocycles. The largest absolute Gasteiger partial charge is 0.498 e. The van der Waals surface area contributed by atoms with E-state index in [9.17, 15) is 14.5 Å². The number of benzene rings is 1. The zero-order chi connectivity index (χ0) is 18.1. The lowest BCUT2D eigenvalue weighted by molar-refractivity contribution is -0.383. The van der Waals surface area contributed by atoms with Crippen LogP contribution < -0.4 is 10.8 Å². The van der Waals surface area contributed by atoms with Gasteiger partial charge >= 0.3 is 7.12 Å². The molecular weight excluding hydrogens is 314 g/mol. The van der Waals surface area contributed by atoms with Gasteiger partial charge in [-0.2, -0.15) is 0 Å². The van der Waals surface area contributed by atoms with E-state index in [2.05, 4.69) is 5.32 Å². The zero-order valence-electron chi connectivity index (χ0n) is 14.8. The van der Waals surface area contributed by atoms with Crippen molar-refractivity contribution in [1.29, 1.82) is 0 Å². The van der Waals surface area contributed by atoms with Crippen LogP contribution in [0.5, 0.6) is 0 Å². The fraction of sp³-hybridized carbons (Fsp3) is 0.625. The SMILES string of the molecule is CCCCNc1cc(F)c(B2OC(C)(C)C(C)(C)O2)cc1[N+](=O)[O-]. The van der Waals surface area contributed by atoms with Crippen molar-refractivity contribution >= 4 is 24.0 Å². The van der Waals surface area contributed by atoms with E-state index >= 15 is 0 Å². The van der Waals surface area contributed by atoms with Gasteiger partial charge in [-0.1, -0.05) is 13.3 Å². The standard InChI is InChI=1S/C16H24BFN2O4/c1-6-7-8-19-13-10-12(18)11(9-14(13)20(21)22)17-23-15(2,3)16(4,5)24-17/h9-10,19H,6-8H2,1-5H3. The van der Waals surface area contributed by atoms with Crippen molar-refractivity contribution in [2.75, 3.05) is 11.9 Å². The number of hydrogen-bond donors (Lipinski definition) is 1. The normalized spacial score (nSPS) is 18.7. The highest BCUT2D eigenvalue weighted by Gasteiger charge is 2.52. The van der Waals surface area contributed by atoms with Crippen LogP contribution in [-0.4, -0.2) is 29.8 Å². The molecule has 0 bridgehead atoms. The number of rotatable bonds is 6. The van der Waals surface area contributed by atoms with Gasteiger partial charge in [0.05, 0.1) is 16.1 Å². The van der Waals surface area contributed by atoms with E-state index in [1.807, 2.05) is 34.6 Å². The molecule has 0 amide bonds. The Bertz CT molecular complexity index is 621. The van der Waals surface area contributed by atoms with Gasteiger partial charge in [0.1, 0.15) is 11.5 Å². The molecule has 1 heterocycles. The summed E-state index contributed by atoms with van der Waals surface area (Å²) in [6.07, 6.45) is 1.78. The highest BCUT2D eigenvalue weighted by molar-refractivity contribution is 6.62. The highest BCUT2D eigenvalue weighted by Crippen LogP contribution is 2.37. The summed E-state index contributed by atoms with van der Waals surface area (Å²) in [6.45, 7) is 9.95. The van der Waals surface area contributed by atoms with Gasteiger partial charge in [0.25, 0.3) is 5.69 Å². The number of nitro benzene ring substituents is 1. The van der Waals surface area contributed by atoms with Crippen LogP contribution in [0.4, 0.5) is 15.8 Å². The van der Waals surface area contributed by atoms with Crippen molar-refractivity contribution in [2.45, 2.75) is 58.7 Å². The predicted molar refractivity (Wildman–Crippen MR) is 92.2 cm³/mol. The first kappa shape index (κ1) is 18.7. The average Bonchev–Trinajstić information content (AvgIpc) is 2.67. The fourth-order valence-corrected chi connectivity index (χ4v) is 2.42. The molecule has 0 aliphatic carbocycles. The van der Waals surface area contributed by atoms with Crippen molar-refractivity contribution in [2.24, 2.45) is 0 Å². The van der Waals surface area contributed by atoms with Gasteiger partial charge in [-0.3, -0.25) is 10.1 Å². The van der Waals surface area contributed by atoms with Gasteiger partial charge in [-0.25, -0.2) is 4.39 Å². The van der Waals surface area contributed by atoms with Crippen molar-refractivity contribution in [1.82, 2.24) is 0 Å². The van der Waals surface area contributed by atoms with Gasteiger partial charge in [0.2, 0.25) is 0 Å². The average molecular weight is 338 g/mol. The lowest BCUT2D eigenvalue weighted by atomic mass is 9.78. The Hall–Kier alpha value is -1.67. The van der Waals surface area contributed by atoms with E-state index in [0.717, 1.165) is 18.9 Å². The molecule has 1 fully saturated rings. The number of unbranched alkanes of at least 4 members (excludes halogenated alkanes) is 1. The van der Waals surface area contributed by atoms with Crippen LogP contribution in [0.3, 0.4) is 0 Å². The molecule has 132 valence electrons. The number of anilines is 1. The van der Waals surface area contributed by atoms with Crippen LogP contribution in [0, 0.1) is 15.9 Å². The number of hydrogen-bond acceptors (Lipinski definition) is 5. The summed E-state index contributed by atoms with van der Waals surface area (Å²) in [7, 11) is -0.974. The van der Waals surface area contributed by atoms with Crippen molar-refractivity contribution in [3.63, 3.8) is 0 Å². The molecule has 0 unspecified atom stereocenters. The van der Waals surface area contributed by atoms with Crippen molar-refractivity contribution in [3.8, 4) is 0 Å². The topological polar surface area (TPSA) is 73.6 Å². The van der Waals surface area contributed by atoms with E-state index in [4.69, 9.17) is 9.31 Å². The molecule has 1 aromatic rings. The second-order valence-corrected chi connectivity index (χ2v) is 7.02. The lowest BCUT2D eigenvalue weighted by Gasteiger charge is -2.32. The molecule has 8 heteroatoms. The first-order chi connectivity index (χ1) is 11.1. The Kier molecular flexibility index (Phi) is 5.20. The predicted octanol–water partition coefficient (Wildman–Crippen LogP) is 3.25. The third kappa shape index (κ3) is 3.54. The monoisotopic (exact) mass is 338 g/mol. The molecule has 1 aromatic carbocycles. The molecule has 24 heavy (non-hydrogen) atoms. The lowest BCUT2D eigenvalue weighted by Crippen LogP contribution is -2.41. The Morgan fingerprint density at radius 1 is 1.25 bits per heavy atom. The molecular formula is C16H24BFN2O4. The Morgan fingerprint density at radius 2 is 1.83 bits per heavy atom. The third-order valence-corrected chi connectivity index (χ3v) is 4.66. The maximum atomic E-state index is 14.5. The Morgan fingerprint density at radius 3 is 2.33 bits per heavy atom. The maximum Gasteiger partial charge on any atom is 0.498 e. The van der Waals surface area contributed by atoms with E-state index in [0.29, 0.717) is 6.54 Å². The molecule has 2 rings (SSSR count). The second kappa shape index (κ2) is 6.68. The summed E-state index contributed by atoms with van der Waals surface area (Å²) in [6, 6.07) is 2.35. The van der Waals surface area contributed by atoms with Gasteiger partial charge < -0.3 is 14.6 Å². The summed E-state index contributed by atoms with van der Waals surface area (Å²) >= 11 is 0. The maximum absolute atomic E-state index is 14.5. The quantitative estimate of drug-likeness (QED) is 0.373. The van der Waals surface area contributed by atoms with Gasteiger partial charge in [0, 0.05) is 24.1 Å². The first-order valence-electron chi connectivity index (χ1n) is 8.16. The van der Waals surface area contributed by atoms with Crippen LogP contribution in [0.2, 0.25) is 0 Å². The van der Waals surface area contributed by atoms with Crippen LogP contribution >= 0.6 is 0 Å². The zero-order valence-corrected chi connectivity index (χ0v) is 14.8. The first-order valence-corrected chi connectivity index (χ1v) is 8.16. The molecule has 1 aliphatic rings. The van der Waals surface area contributed by atoms with Crippen molar-refractivity contribution in [3.05, 3.63) is 28.1 Å². The molecule has 0 radical (unpaired) electrons. The molecule has 1 saturated heterocycles. The van der Waals surface area contributed by atoms with E-state index in [-0.39, 0.29) is 16.8 Å². The second-order valence-electron chi connectivity index (χ2n) is 7.02. The number of halogens is 1. The van der Waals surface area contributed by atoms with Crippen LogP contribution in [0.15, 0.2) is 12.1 Å². The highest BCUT2D eigenvalue weighted by atomic mass is 19.1. The minimum atomic E-state index is -0.974. The minimum absolute atomic E-state index is 0.0430. The van der Waals surface area contributed by atoms with Crippen LogP contribution in [0.25, 0.3) is 0 Å². The van der Waals surface area contributed by atoms with Gasteiger partial charge in [-0.15, -0.1) is 0 Å². The van der Waals surface area contributed by atoms with Crippen molar-refractivity contribution < 1.29 is 18.6 Å². The fourth-order valence-electron chi connectivity index (χ4n) is 2.42. The van der Waals surface area contributed by atoms with Crippen LogP contribution in [0.1, 0.15) is 47.5 Å². The smallest absolute Gasteiger partial charge is 0.399 e. The van der Waals surface area contributed by atoms with Gasteiger partial charge in [0.15, 0.2) is 0 Å². The summed E-state index contributed by atoms with van der Waals surface area (Å²) < 4.78 is 26.1. The van der Waals surface area contributed by atoms with Crippen LogP contribution in [-0.2, 0) is 9.31 Å². The summed E-state index contributed by atoms with van der Waals surface area (Å²) in [5.41, 5.74) is -1.25. The van der Waals surface area contributed by atoms with E-state index in [1.165, 1.54) is 6.07 Å². The molecule has 0 aromatic heterocycles. The van der Waals surface area contributed by atoms with Gasteiger partial charge in [-0.05, 0) is 34.1 Å². The summed E-state index contributed by atoms with van der Waals surface area (Å²) in [5, 5.41) is 14.3. The minimum Gasteiger partial charge on any atom is -0.399 e. The molecule has 1 N–H and O–H groups in total. The Labute approximate surface area is 142 Å². The summed E-state index contributed by atoms with van der Waals surface area (Å²) in [4.78, 5) is 10.8. The number of nitrogens with one attached hydrogen (secondary N) is 1. The number of nitro groups is 1. The Balaban J connectivity index is 2.35. The van der Waals surface area contributed by atoms with E-state index < -0.39 is 29.1 Å².